The molecule has 0 radical (unpaired) electrons. The predicted molar refractivity (Wildman–Crippen MR) is 115 cm³/mol. The Morgan fingerprint density at radius 2 is 1.58 bits per heavy atom. The fourth-order valence-electron chi connectivity index (χ4n) is 6.66. The molecule has 0 aromatic heterocycles. The van der Waals surface area contributed by atoms with Gasteiger partial charge in [-0.1, -0.05) is 44.3 Å². The highest BCUT2D eigenvalue weighted by Crippen LogP contribution is 2.55. The molecule has 7 nitrogen and oxygen atoms in total. The summed E-state index contributed by atoms with van der Waals surface area (Å²) < 4.78 is 6.36. The summed E-state index contributed by atoms with van der Waals surface area (Å²) in [4.78, 5) is 42.1. The Bertz CT molecular complexity index is 784. The van der Waals surface area contributed by atoms with Crippen molar-refractivity contribution in [3.05, 3.63) is 12.2 Å². The second kappa shape index (κ2) is 7.91. The van der Waals surface area contributed by atoms with Crippen LogP contribution >= 0.6 is 0 Å². The summed E-state index contributed by atoms with van der Waals surface area (Å²) in [5, 5.41) is 6.38. The molecule has 3 amide bonds. The Labute approximate surface area is 184 Å². The lowest BCUT2D eigenvalue weighted by Gasteiger charge is -2.34. The van der Waals surface area contributed by atoms with E-state index in [2.05, 4.69) is 10.6 Å². The molecule has 170 valence electrons. The summed E-state index contributed by atoms with van der Waals surface area (Å²) in [6.45, 7) is 3.86. The van der Waals surface area contributed by atoms with E-state index in [1.54, 1.807) is 4.90 Å². The zero-order valence-electron chi connectivity index (χ0n) is 18.6. The van der Waals surface area contributed by atoms with Gasteiger partial charge in [-0.25, -0.2) is 0 Å². The van der Waals surface area contributed by atoms with Crippen LogP contribution in [0.1, 0.15) is 71.6 Å². The Hall–Kier alpha value is -1.89. The van der Waals surface area contributed by atoms with Crippen LogP contribution in [0.5, 0.6) is 0 Å². The molecule has 2 N–H and O–H groups in total. The number of fused-ring (bicyclic) bond motifs is 1. The van der Waals surface area contributed by atoms with Crippen molar-refractivity contribution in [1.82, 2.24) is 15.5 Å². The van der Waals surface area contributed by atoms with Gasteiger partial charge in [0.05, 0.1) is 17.9 Å². The molecule has 0 aromatic rings. The lowest BCUT2D eigenvalue weighted by Crippen LogP contribution is -2.57. The lowest BCUT2D eigenvalue weighted by atomic mass is 9.74. The number of rotatable bonds is 5. The highest BCUT2D eigenvalue weighted by Gasteiger charge is 2.73. The van der Waals surface area contributed by atoms with Gasteiger partial charge in [0, 0.05) is 18.1 Å². The quantitative estimate of drug-likeness (QED) is 0.655. The minimum Gasteiger partial charge on any atom is -0.359 e. The van der Waals surface area contributed by atoms with Crippen LogP contribution < -0.4 is 10.6 Å². The van der Waals surface area contributed by atoms with Crippen LogP contribution in [0.3, 0.4) is 0 Å². The number of ether oxygens (including phenoxy) is 1. The fraction of sp³-hybridized carbons (Fsp3) is 0.792. The molecule has 0 aromatic carbocycles. The summed E-state index contributed by atoms with van der Waals surface area (Å²) in [6, 6.07) is -0.524. The maximum atomic E-state index is 13.6. The molecule has 0 unspecified atom stereocenters. The van der Waals surface area contributed by atoms with Gasteiger partial charge in [0.1, 0.15) is 11.6 Å². The van der Waals surface area contributed by atoms with Crippen molar-refractivity contribution in [3.63, 3.8) is 0 Å². The van der Waals surface area contributed by atoms with Crippen molar-refractivity contribution in [2.75, 3.05) is 0 Å². The van der Waals surface area contributed by atoms with E-state index in [0.29, 0.717) is 0 Å². The van der Waals surface area contributed by atoms with E-state index in [4.69, 9.17) is 4.74 Å². The van der Waals surface area contributed by atoms with Crippen molar-refractivity contribution >= 4 is 17.7 Å². The Morgan fingerprint density at radius 1 is 1.00 bits per heavy atom. The molecule has 2 aliphatic carbocycles. The Kier molecular flexibility index (Phi) is 5.35. The van der Waals surface area contributed by atoms with Gasteiger partial charge in [-0.2, -0.15) is 0 Å². The van der Waals surface area contributed by atoms with Gasteiger partial charge >= 0.3 is 0 Å². The standard InChI is InChI=1S/C24H35N3O4/c1-14(2)27-20(22(29)26-16-10-6-7-11-16)24-13-12-17(31-24)18(19(24)23(27)30)21(28)25-15-8-4-3-5-9-15/h12-20H,3-11H2,1-2H3,(H,25,28)(H,26,29)/t17-,18+,19-,20+,24+/m1/s1. The molecule has 5 rings (SSSR count). The first-order valence-corrected chi connectivity index (χ1v) is 12.2. The summed E-state index contributed by atoms with van der Waals surface area (Å²) >= 11 is 0. The van der Waals surface area contributed by atoms with Gasteiger partial charge in [-0.05, 0) is 39.5 Å². The highest BCUT2D eigenvalue weighted by molar-refractivity contribution is 6.00. The Morgan fingerprint density at radius 3 is 2.19 bits per heavy atom. The molecule has 5 aliphatic rings. The summed E-state index contributed by atoms with van der Waals surface area (Å²) in [5.41, 5.74) is -1.04. The Balaban J connectivity index is 1.41. The van der Waals surface area contributed by atoms with Crippen LogP contribution in [0.15, 0.2) is 12.2 Å². The van der Waals surface area contributed by atoms with E-state index < -0.39 is 29.6 Å². The number of amides is 3. The molecule has 31 heavy (non-hydrogen) atoms. The van der Waals surface area contributed by atoms with Crippen molar-refractivity contribution in [2.45, 2.75) is 108 Å². The average Bonchev–Trinajstić information content (AvgIpc) is 3.50. The second-order valence-electron chi connectivity index (χ2n) is 10.4. The fourth-order valence-corrected chi connectivity index (χ4v) is 6.66. The largest absolute Gasteiger partial charge is 0.359 e. The third-order valence-corrected chi connectivity index (χ3v) is 8.07. The zero-order valence-corrected chi connectivity index (χ0v) is 18.6. The van der Waals surface area contributed by atoms with Crippen molar-refractivity contribution in [1.29, 1.82) is 0 Å². The zero-order chi connectivity index (χ0) is 21.8. The van der Waals surface area contributed by atoms with Gasteiger partial charge in [-0.15, -0.1) is 0 Å². The third kappa shape index (κ3) is 3.31. The molecule has 2 saturated heterocycles. The maximum absolute atomic E-state index is 13.6. The van der Waals surface area contributed by atoms with Gasteiger partial charge < -0.3 is 20.3 Å². The normalized spacial score (nSPS) is 37.6. The SMILES string of the molecule is CC(C)N1C(=O)[C@H]2[C@@H](C(=O)NC3CCCCC3)[C@H]3C=C[C@@]2(O3)[C@@H]1C(=O)NC1CCCC1. The number of nitrogens with one attached hydrogen (secondary N) is 2. The van der Waals surface area contributed by atoms with Crippen LogP contribution in [-0.2, 0) is 19.1 Å². The van der Waals surface area contributed by atoms with E-state index in [-0.39, 0.29) is 35.8 Å². The molecule has 3 heterocycles. The monoisotopic (exact) mass is 429 g/mol. The molecule has 7 heteroatoms. The van der Waals surface area contributed by atoms with Crippen LogP contribution in [0.2, 0.25) is 0 Å². The third-order valence-electron chi connectivity index (χ3n) is 8.07. The predicted octanol–water partition coefficient (Wildman–Crippen LogP) is 2.05. The summed E-state index contributed by atoms with van der Waals surface area (Å²) in [6.07, 6.45) is 13.0. The smallest absolute Gasteiger partial charge is 0.246 e. The average molecular weight is 430 g/mol. The van der Waals surface area contributed by atoms with E-state index >= 15 is 0 Å². The van der Waals surface area contributed by atoms with Crippen LogP contribution in [0.25, 0.3) is 0 Å². The highest BCUT2D eigenvalue weighted by atomic mass is 16.5. The number of nitrogens with zero attached hydrogens (tertiary/aromatic N) is 1. The molecule has 2 saturated carbocycles. The second-order valence-corrected chi connectivity index (χ2v) is 10.4. The van der Waals surface area contributed by atoms with E-state index in [1.807, 2.05) is 26.0 Å². The molecule has 5 atom stereocenters. The van der Waals surface area contributed by atoms with E-state index in [1.165, 1.54) is 6.42 Å². The van der Waals surface area contributed by atoms with Gasteiger partial charge in [-0.3, -0.25) is 14.4 Å². The number of likely N-dealkylation sites (tertiary alicyclic amines) is 1. The molecule has 4 fully saturated rings. The van der Waals surface area contributed by atoms with Gasteiger partial charge in [0.15, 0.2) is 0 Å². The number of hydrogen-bond donors (Lipinski definition) is 2. The van der Waals surface area contributed by atoms with Crippen molar-refractivity contribution in [3.8, 4) is 0 Å². The maximum Gasteiger partial charge on any atom is 0.246 e. The van der Waals surface area contributed by atoms with Crippen LogP contribution in [0, 0.1) is 11.8 Å². The van der Waals surface area contributed by atoms with Crippen LogP contribution in [0.4, 0.5) is 0 Å². The molecule has 1 spiro atoms. The summed E-state index contributed by atoms with van der Waals surface area (Å²) in [5.74, 6) is -1.56. The number of carbonyl (C=O) groups is 3. The first-order valence-electron chi connectivity index (χ1n) is 12.2. The van der Waals surface area contributed by atoms with Crippen molar-refractivity contribution < 1.29 is 19.1 Å². The number of carbonyl (C=O) groups excluding carboxylic acids is 3. The minimum absolute atomic E-state index is 0.0953. The van der Waals surface area contributed by atoms with Crippen LogP contribution in [-0.4, -0.2) is 58.5 Å². The first kappa shape index (κ1) is 21.0. The molecular formula is C24H35N3O4. The molecule has 2 bridgehead atoms. The molecular weight excluding hydrogens is 394 g/mol. The van der Waals surface area contributed by atoms with Gasteiger partial charge in [0.25, 0.3) is 0 Å². The van der Waals surface area contributed by atoms with Crippen molar-refractivity contribution in [2.24, 2.45) is 11.8 Å². The van der Waals surface area contributed by atoms with E-state index in [0.717, 1.165) is 51.4 Å². The minimum atomic E-state index is -1.04. The number of hydrogen-bond acceptors (Lipinski definition) is 4. The van der Waals surface area contributed by atoms with E-state index in [9.17, 15) is 14.4 Å². The molecule has 3 aliphatic heterocycles. The van der Waals surface area contributed by atoms with Gasteiger partial charge in [0.2, 0.25) is 17.7 Å². The lowest BCUT2D eigenvalue weighted by molar-refractivity contribution is -0.144. The first-order chi connectivity index (χ1) is 14.9. The summed E-state index contributed by atoms with van der Waals surface area (Å²) in [7, 11) is 0. The topological polar surface area (TPSA) is 87.7 Å².